The van der Waals surface area contributed by atoms with Gasteiger partial charge in [0.25, 0.3) is 0 Å². The first-order valence-corrected chi connectivity index (χ1v) is 8.80. The third-order valence-corrected chi connectivity index (χ3v) is 5.16. The quantitative estimate of drug-likeness (QED) is 0.761. The minimum Gasteiger partial charge on any atom is -0.382 e. The maximum atomic E-state index is 14.2. The van der Waals surface area contributed by atoms with Crippen molar-refractivity contribution in [2.75, 3.05) is 5.75 Å². The zero-order chi connectivity index (χ0) is 17.2. The first kappa shape index (κ1) is 17.2. The van der Waals surface area contributed by atoms with Crippen LogP contribution in [0.3, 0.4) is 0 Å². The molecule has 2 aromatic rings. The van der Waals surface area contributed by atoms with Crippen molar-refractivity contribution in [3.63, 3.8) is 0 Å². The van der Waals surface area contributed by atoms with Gasteiger partial charge in [0.2, 0.25) is 0 Å². The van der Waals surface area contributed by atoms with Crippen LogP contribution in [-0.4, -0.2) is 36.0 Å². The van der Waals surface area contributed by atoms with Crippen molar-refractivity contribution >= 4 is 28.3 Å². The van der Waals surface area contributed by atoms with Crippen LogP contribution < -0.4 is 5.32 Å². The second kappa shape index (κ2) is 7.12. The molecule has 1 atom stereocenters. The fraction of sp³-hybridized carbons (Fsp3) is 0.400. The molecule has 24 heavy (non-hydrogen) atoms. The van der Waals surface area contributed by atoms with Crippen molar-refractivity contribution in [1.82, 2.24) is 20.1 Å². The van der Waals surface area contributed by atoms with Gasteiger partial charge in [0, 0.05) is 17.4 Å². The van der Waals surface area contributed by atoms with Crippen molar-refractivity contribution in [2.24, 2.45) is 0 Å². The maximum Gasteiger partial charge on any atom is 0.164 e. The number of thioether (sulfide) groups is 1. The zero-order valence-corrected chi connectivity index (χ0v) is 14.3. The Labute approximate surface area is 147 Å². The molecule has 1 aromatic heterocycles. The number of nitrogens with zero attached hydrogens (tertiary/aromatic N) is 3. The maximum absolute atomic E-state index is 14.2. The number of hydrogen-bond acceptors (Lipinski definition) is 5. The highest BCUT2D eigenvalue weighted by Crippen LogP contribution is 2.31. The van der Waals surface area contributed by atoms with Crippen LogP contribution in [0.25, 0.3) is 0 Å². The normalized spacial score (nSPS) is 16.6. The smallest absolute Gasteiger partial charge is 0.164 e. The molecule has 1 heterocycles. The van der Waals surface area contributed by atoms with E-state index >= 15 is 0 Å². The van der Waals surface area contributed by atoms with Crippen molar-refractivity contribution in [3.05, 3.63) is 48.1 Å². The number of benzene rings is 1. The number of hydrogen-bond donors (Lipinski definition) is 2. The van der Waals surface area contributed by atoms with Crippen LogP contribution in [0, 0.1) is 11.6 Å². The van der Waals surface area contributed by atoms with Crippen LogP contribution in [0.4, 0.5) is 8.78 Å². The van der Waals surface area contributed by atoms with E-state index in [1.165, 1.54) is 41.2 Å². The Morgan fingerprint density at radius 2 is 2.25 bits per heavy atom. The second-order valence-electron chi connectivity index (χ2n) is 5.72. The van der Waals surface area contributed by atoms with E-state index in [0.29, 0.717) is 10.4 Å². The zero-order valence-electron chi connectivity index (χ0n) is 12.7. The van der Waals surface area contributed by atoms with E-state index in [-0.39, 0.29) is 17.9 Å². The van der Waals surface area contributed by atoms with Crippen molar-refractivity contribution < 1.29 is 13.9 Å². The average Bonchev–Trinajstić information content (AvgIpc) is 3.21. The molecule has 5 nitrogen and oxygen atoms in total. The minimum absolute atomic E-state index is 0.0613. The van der Waals surface area contributed by atoms with Gasteiger partial charge in [-0.15, -0.1) is 0 Å². The summed E-state index contributed by atoms with van der Waals surface area (Å²) in [6.07, 6.45) is 4.87. The lowest BCUT2D eigenvalue weighted by molar-refractivity contribution is 0.0356. The molecule has 9 heteroatoms. The van der Waals surface area contributed by atoms with E-state index in [4.69, 9.17) is 12.2 Å². The predicted molar refractivity (Wildman–Crippen MR) is 91.5 cm³/mol. The molecule has 3 rings (SSSR count). The van der Waals surface area contributed by atoms with Gasteiger partial charge in [-0.3, -0.25) is 0 Å². The lowest BCUT2D eigenvalue weighted by Crippen LogP contribution is -2.37. The van der Waals surface area contributed by atoms with Crippen LogP contribution in [0.5, 0.6) is 0 Å². The fourth-order valence-corrected chi connectivity index (χ4v) is 3.49. The second-order valence-corrected chi connectivity index (χ2v) is 7.37. The Morgan fingerprint density at radius 1 is 1.46 bits per heavy atom. The standard InChI is InChI=1S/C15H16F2N4OS2/c16-12-3-1-2-11(13(12)17)15(22,6-21-9-18-8-19-21)7-24-14(23)20-10-4-5-10/h1-3,8-10,22H,4-7H2,(H,20,23). The molecular weight excluding hydrogens is 354 g/mol. The van der Waals surface area contributed by atoms with Gasteiger partial charge in [-0.25, -0.2) is 18.4 Å². The molecular formula is C15H16F2N4OS2. The first-order valence-electron chi connectivity index (χ1n) is 7.40. The van der Waals surface area contributed by atoms with E-state index in [1.54, 1.807) is 0 Å². The van der Waals surface area contributed by atoms with Gasteiger partial charge in [-0.2, -0.15) is 5.10 Å². The van der Waals surface area contributed by atoms with Gasteiger partial charge in [-0.1, -0.05) is 36.1 Å². The summed E-state index contributed by atoms with van der Waals surface area (Å²) in [7, 11) is 0. The van der Waals surface area contributed by atoms with Gasteiger partial charge in [-0.05, 0) is 18.9 Å². The third-order valence-electron chi connectivity index (χ3n) is 3.68. The Kier molecular flexibility index (Phi) is 5.12. The van der Waals surface area contributed by atoms with Gasteiger partial charge < -0.3 is 10.4 Å². The largest absolute Gasteiger partial charge is 0.382 e. The molecule has 1 aliphatic rings. The molecule has 2 N–H and O–H groups in total. The van der Waals surface area contributed by atoms with Crippen molar-refractivity contribution in [3.8, 4) is 0 Å². The SMILES string of the molecule is OC(CSC(=S)NC1CC1)(Cn1cncn1)c1cccc(F)c1F. The minimum atomic E-state index is -1.68. The molecule has 128 valence electrons. The first-order chi connectivity index (χ1) is 11.5. The third kappa shape index (κ3) is 4.08. The molecule has 0 saturated heterocycles. The summed E-state index contributed by atoms with van der Waals surface area (Å²) in [4.78, 5) is 3.81. The van der Waals surface area contributed by atoms with Gasteiger partial charge in [0.1, 0.15) is 22.6 Å². The molecule has 0 spiro atoms. The lowest BCUT2D eigenvalue weighted by Gasteiger charge is -2.28. The van der Waals surface area contributed by atoms with E-state index in [1.807, 2.05) is 0 Å². The summed E-state index contributed by atoms with van der Waals surface area (Å²) >= 11 is 6.44. The molecule has 1 fully saturated rings. The molecule has 0 radical (unpaired) electrons. The lowest BCUT2D eigenvalue weighted by atomic mass is 9.95. The molecule has 0 bridgehead atoms. The van der Waals surface area contributed by atoms with Gasteiger partial charge >= 0.3 is 0 Å². The fourth-order valence-electron chi connectivity index (χ4n) is 2.28. The summed E-state index contributed by atoms with van der Waals surface area (Å²) in [6, 6.07) is 4.14. The summed E-state index contributed by atoms with van der Waals surface area (Å²) in [6.45, 7) is -0.0631. The van der Waals surface area contributed by atoms with Crippen LogP contribution in [-0.2, 0) is 12.1 Å². The number of halogens is 2. The highest BCUT2D eigenvalue weighted by molar-refractivity contribution is 8.23. The van der Waals surface area contributed by atoms with Gasteiger partial charge in [0.05, 0.1) is 6.54 Å². The van der Waals surface area contributed by atoms with E-state index < -0.39 is 17.2 Å². The molecule has 1 unspecified atom stereocenters. The Bertz CT molecular complexity index is 724. The van der Waals surface area contributed by atoms with Crippen LogP contribution in [0.2, 0.25) is 0 Å². The average molecular weight is 370 g/mol. The summed E-state index contributed by atoms with van der Waals surface area (Å²) in [5.41, 5.74) is -1.81. The van der Waals surface area contributed by atoms with Crippen LogP contribution in [0.1, 0.15) is 18.4 Å². The Hall–Kier alpha value is -1.58. The molecule has 0 amide bonds. The van der Waals surface area contributed by atoms with Gasteiger partial charge in [0.15, 0.2) is 11.6 Å². The summed E-state index contributed by atoms with van der Waals surface area (Å²) < 4.78 is 29.7. The summed E-state index contributed by atoms with van der Waals surface area (Å²) in [5.74, 6) is -2.01. The number of rotatable bonds is 6. The summed E-state index contributed by atoms with van der Waals surface area (Å²) in [5, 5.41) is 18.1. The number of nitrogens with one attached hydrogen (secondary N) is 1. The van der Waals surface area contributed by atoms with Crippen molar-refractivity contribution in [2.45, 2.75) is 31.0 Å². The van der Waals surface area contributed by atoms with E-state index in [9.17, 15) is 13.9 Å². The topological polar surface area (TPSA) is 63.0 Å². The Morgan fingerprint density at radius 3 is 2.92 bits per heavy atom. The number of thiocarbonyl (C=S) groups is 1. The molecule has 1 saturated carbocycles. The van der Waals surface area contributed by atoms with E-state index in [0.717, 1.165) is 18.9 Å². The molecule has 1 aliphatic carbocycles. The molecule has 0 aliphatic heterocycles. The highest BCUT2D eigenvalue weighted by Gasteiger charge is 2.35. The Balaban J connectivity index is 1.82. The predicted octanol–water partition coefficient (Wildman–Crippen LogP) is 2.21. The molecule has 1 aromatic carbocycles. The number of aliphatic hydroxyl groups is 1. The number of aromatic nitrogens is 3. The highest BCUT2D eigenvalue weighted by atomic mass is 32.2. The van der Waals surface area contributed by atoms with Crippen LogP contribution in [0.15, 0.2) is 30.9 Å². The van der Waals surface area contributed by atoms with Crippen LogP contribution >= 0.6 is 24.0 Å². The van der Waals surface area contributed by atoms with E-state index in [2.05, 4.69) is 15.4 Å². The van der Waals surface area contributed by atoms with Crippen molar-refractivity contribution in [1.29, 1.82) is 0 Å². The monoisotopic (exact) mass is 370 g/mol.